The Labute approximate surface area is 141 Å². The van der Waals surface area contributed by atoms with Crippen molar-refractivity contribution in [3.8, 4) is 11.5 Å². The molecule has 8 nitrogen and oxygen atoms in total. The number of nitrogens with zero attached hydrogens (tertiary/aromatic N) is 3. The Morgan fingerprint density at radius 2 is 1.96 bits per heavy atom. The smallest absolute Gasteiger partial charge is 0.258 e. The summed E-state index contributed by atoms with van der Waals surface area (Å²) in [6.45, 7) is 0. The van der Waals surface area contributed by atoms with E-state index in [-0.39, 0.29) is 18.0 Å². The van der Waals surface area contributed by atoms with E-state index in [0.29, 0.717) is 39.1 Å². The third-order valence-electron chi connectivity index (χ3n) is 3.00. The number of rotatable bonds is 5. The number of methoxy groups -OCH3 is 2. The van der Waals surface area contributed by atoms with Gasteiger partial charge in [-0.2, -0.15) is 5.10 Å². The molecule has 3 aromatic rings. The van der Waals surface area contributed by atoms with Gasteiger partial charge in [-0.1, -0.05) is 11.8 Å². The molecule has 0 saturated carbocycles. The Bertz CT molecular complexity index is 853. The van der Waals surface area contributed by atoms with Gasteiger partial charge in [0.05, 0.1) is 30.9 Å². The Morgan fingerprint density at radius 3 is 2.61 bits per heavy atom. The average molecular weight is 356 g/mol. The van der Waals surface area contributed by atoms with Crippen LogP contribution in [0.5, 0.6) is 11.5 Å². The number of halogens is 1. The van der Waals surface area contributed by atoms with Gasteiger partial charge in [0.25, 0.3) is 5.56 Å². The molecule has 0 fully saturated rings. The lowest BCUT2D eigenvalue weighted by atomic mass is 10.2. The van der Waals surface area contributed by atoms with Crippen LogP contribution in [0.1, 0.15) is 5.82 Å². The highest BCUT2D eigenvalue weighted by molar-refractivity contribution is 7.98. The monoisotopic (exact) mass is 355 g/mol. The summed E-state index contributed by atoms with van der Waals surface area (Å²) in [5, 5.41) is 7.61. The summed E-state index contributed by atoms with van der Waals surface area (Å²) in [5.41, 5.74) is 0.327. The predicted octanol–water partition coefficient (Wildman–Crippen LogP) is 1.77. The molecular weight excluding hydrogens is 342 g/mol. The number of aromatic amines is 2. The van der Waals surface area contributed by atoms with Crippen molar-refractivity contribution in [1.82, 2.24) is 25.1 Å². The number of nitrogens with one attached hydrogen (secondary N) is 2. The summed E-state index contributed by atoms with van der Waals surface area (Å²) in [6.07, 6.45) is 1.43. The SMILES string of the molecule is COc1cc2nc(CSc3ncn[nH]3)[nH]c(=O)c2cc1OC.Cl. The third-order valence-corrected chi connectivity index (χ3v) is 3.89. The highest BCUT2D eigenvalue weighted by Gasteiger charge is 2.11. The lowest BCUT2D eigenvalue weighted by Crippen LogP contribution is -2.11. The van der Waals surface area contributed by atoms with Gasteiger partial charge in [-0.15, -0.1) is 12.4 Å². The van der Waals surface area contributed by atoms with Crippen LogP contribution in [0.4, 0.5) is 0 Å². The van der Waals surface area contributed by atoms with E-state index in [4.69, 9.17) is 9.47 Å². The van der Waals surface area contributed by atoms with Crippen LogP contribution in [0.15, 0.2) is 28.4 Å². The van der Waals surface area contributed by atoms with Crippen LogP contribution in [-0.2, 0) is 5.75 Å². The molecule has 0 amide bonds. The van der Waals surface area contributed by atoms with Crippen molar-refractivity contribution in [1.29, 1.82) is 0 Å². The molecule has 2 heterocycles. The Balaban J connectivity index is 0.00000192. The fourth-order valence-electron chi connectivity index (χ4n) is 1.98. The van der Waals surface area contributed by atoms with Gasteiger partial charge in [0.1, 0.15) is 12.2 Å². The van der Waals surface area contributed by atoms with E-state index in [2.05, 4.69) is 25.1 Å². The Hall–Kier alpha value is -2.26. The van der Waals surface area contributed by atoms with E-state index < -0.39 is 0 Å². The second-order valence-electron chi connectivity index (χ2n) is 4.32. The minimum Gasteiger partial charge on any atom is -0.493 e. The fourth-order valence-corrected chi connectivity index (χ4v) is 2.63. The number of ether oxygens (including phenoxy) is 2. The molecule has 0 unspecified atom stereocenters. The summed E-state index contributed by atoms with van der Waals surface area (Å²) in [6, 6.07) is 3.30. The van der Waals surface area contributed by atoms with Crippen LogP contribution in [0, 0.1) is 0 Å². The van der Waals surface area contributed by atoms with Crippen molar-refractivity contribution in [2.45, 2.75) is 10.9 Å². The highest BCUT2D eigenvalue weighted by Crippen LogP contribution is 2.30. The molecule has 0 aliphatic carbocycles. The first-order valence-electron chi connectivity index (χ1n) is 6.34. The first-order valence-corrected chi connectivity index (χ1v) is 7.33. The number of hydrogen-bond acceptors (Lipinski definition) is 7. The maximum atomic E-state index is 12.2. The number of thioether (sulfide) groups is 1. The van der Waals surface area contributed by atoms with E-state index in [1.165, 1.54) is 32.3 Å². The second kappa shape index (κ2) is 7.34. The van der Waals surface area contributed by atoms with Crippen LogP contribution in [0.3, 0.4) is 0 Å². The van der Waals surface area contributed by atoms with Gasteiger partial charge in [0, 0.05) is 6.07 Å². The van der Waals surface area contributed by atoms with E-state index in [1.54, 1.807) is 12.1 Å². The van der Waals surface area contributed by atoms with Crippen LogP contribution in [0.2, 0.25) is 0 Å². The lowest BCUT2D eigenvalue weighted by Gasteiger charge is -2.09. The first-order chi connectivity index (χ1) is 10.7. The molecule has 0 aliphatic rings. The fraction of sp³-hybridized carbons (Fsp3) is 0.231. The molecule has 2 aromatic heterocycles. The summed E-state index contributed by atoms with van der Waals surface area (Å²) in [5.74, 6) is 2.04. The van der Waals surface area contributed by atoms with Crippen molar-refractivity contribution >= 4 is 35.1 Å². The zero-order valence-electron chi connectivity index (χ0n) is 12.3. The predicted molar refractivity (Wildman–Crippen MR) is 88.7 cm³/mol. The standard InChI is InChI=1S/C13H13N5O3S.ClH/c1-20-9-3-7-8(4-10(9)21-2)16-11(17-12(7)19)5-22-13-14-6-15-18-13;/h3-4,6H,5H2,1-2H3,(H,14,15,18)(H,16,17,19);1H. The van der Waals surface area contributed by atoms with E-state index in [0.717, 1.165) is 0 Å². The van der Waals surface area contributed by atoms with Crippen molar-refractivity contribution in [3.05, 3.63) is 34.6 Å². The molecule has 0 saturated heterocycles. The largest absolute Gasteiger partial charge is 0.493 e. The zero-order valence-corrected chi connectivity index (χ0v) is 14.0. The highest BCUT2D eigenvalue weighted by atomic mass is 35.5. The van der Waals surface area contributed by atoms with E-state index in [1.807, 2.05) is 0 Å². The van der Waals surface area contributed by atoms with Crippen molar-refractivity contribution in [3.63, 3.8) is 0 Å². The van der Waals surface area contributed by atoms with Gasteiger partial charge in [0.15, 0.2) is 16.7 Å². The molecule has 23 heavy (non-hydrogen) atoms. The molecule has 0 atom stereocenters. The number of benzene rings is 1. The molecule has 0 bridgehead atoms. The number of hydrogen-bond donors (Lipinski definition) is 2. The van der Waals surface area contributed by atoms with Crippen molar-refractivity contribution in [2.24, 2.45) is 0 Å². The number of fused-ring (bicyclic) bond motifs is 1. The molecule has 10 heteroatoms. The normalized spacial score (nSPS) is 10.3. The minimum atomic E-state index is -0.223. The van der Waals surface area contributed by atoms with Crippen LogP contribution >= 0.6 is 24.2 Å². The molecular formula is C13H14ClN5O3S. The van der Waals surface area contributed by atoms with Gasteiger partial charge >= 0.3 is 0 Å². The summed E-state index contributed by atoms with van der Waals surface area (Å²) in [4.78, 5) is 23.4. The second-order valence-corrected chi connectivity index (χ2v) is 5.28. The van der Waals surface area contributed by atoms with Gasteiger partial charge in [-0.25, -0.2) is 9.97 Å². The maximum Gasteiger partial charge on any atom is 0.258 e. The van der Waals surface area contributed by atoms with Crippen LogP contribution in [0.25, 0.3) is 10.9 Å². The number of H-pyrrole nitrogens is 2. The Kier molecular flexibility index (Phi) is 5.45. The molecule has 122 valence electrons. The quantitative estimate of drug-likeness (QED) is 0.672. The lowest BCUT2D eigenvalue weighted by molar-refractivity contribution is 0.355. The summed E-state index contributed by atoms with van der Waals surface area (Å²) < 4.78 is 10.4. The zero-order chi connectivity index (χ0) is 15.5. The van der Waals surface area contributed by atoms with Gasteiger partial charge in [-0.3, -0.25) is 9.89 Å². The average Bonchev–Trinajstić information content (AvgIpc) is 3.05. The van der Waals surface area contributed by atoms with Crippen molar-refractivity contribution < 1.29 is 9.47 Å². The summed E-state index contributed by atoms with van der Waals surface area (Å²) in [7, 11) is 3.06. The van der Waals surface area contributed by atoms with Gasteiger partial charge in [-0.05, 0) is 6.07 Å². The van der Waals surface area contributed by atoms with E-state index in [9.17, 15) is 4.79 Å². The van der Waals surface area contributed by atoms with Crippen LogP contribution < -0.4 is 15.0 Å². The molecule has 0 spiro atoms. The molecule has 2 N–H and O–H groups in total. The van der Waals surface area contributed by atoms with Gasteiger partial charge in [0.2, 0.25) is 0 Å². The topological polar surface area (TPSA) is 106 Å². The third kappa shape index (κ3) is 3.57. The molecule has 3 rings (SSSR count). The Morgan fingerprint density at radius 1 is 1.22 bits per heavy atom. The number of aromatic nitrogens is 5. The molecule has 0 radical (unpaired) electrons. The van der Waals surface area contributed by atoms with Crippen LogP contribution in [-0.4, -0.2) is 39.4 Å². The minimum absolute atomic E-state index is 0. The summed E-state index contributed by atoms with van der Waals surface area (Å²) >= 11 is 1.40. The van der Waals surface area contributed by atoms with Gasteiger partial charge < -0.3 is 14.5 Å². The van der Waals surface area contributed by atoms with Crippen molar-refractivity contribution in [2.75, 3.05) is 14.2 Å². The molecule has 1 aromatic carbocycles. The molecule has 0 aliphatic heterocycles. The van der Waals surface area contributed by atoms with E-state index >= 15 is 0 Å². The maximum absolute atomic E-state index is 12.2. The first kappa shape index (κ1) is 17.1.